The zero-order valence-electron chi connectivity index (χ0n) is 16.1. The molecule has 0 aromatic heterocycles. The molecule has 2 aromatic rings. The van der Waals surface area contributed by atoms with Crippen molar-refractivity contribution in [3.05, 3.63) is 60.7 Å². The second-order valence-corrected chi connectivity index (χ2v) is 7.71. The summed E-state index contributed by atoms with van der Waals surface area (Å²) in [6.45, 7) is 6.79. The van der Waals surface area contributed by atoms with Crippen LogP contribution < -0.4 is 9.47 Å². The number of rotatable bonds is 5. The van der Waals surface area contributed by atoms with E-state index in [1.165, 1.54) is 0 Å². The van der Waals surface area contributed by atoms with Gasteiger partial charge in [-0.15, -0.1) is 0 Å². The minimum atomic E-state index is -0.504. The fourth-order valence-corrected chi connectivity index (χ4v) is 2.98. The number of para-hydroxylation sites is 2. The van der Waals surface area contributed by atoms with E-state index in [1.54, 1.807) is 4.90 Å². The number of benzene rings is 2. The van der Waals surface area contributed by atoms with E-state index in [9.17, 15) is 4.79 Å². The molecule has 3 rings (SSSR count). The summed E-state index contributed by atoms with van der Waals surface area (Å²) in [6.07, 6.45) is 0.0224. The first-order valence-electron chi connectivity index (χ1n) is 9.32. The number of ether oxygens (including phenoxy) is 3. The van der Waals surface area contributed by atoms with Crippen molar-refractivity contribution in [1.29, 1.82) is 0 Å². The van der Waals surface area contributed by atoms with Crippen molar-refractivity contribution < 1.29 is 19.0 Å². The summed E-state index contributed by atoms with van der Waals surface area (Å²) in [6, 6.07) is 19.2. The molecule has 1 heterocycles. The van der Waals surface area contributed by atoms with Crippen LogP contribution in [0, 0.1) is 5.92 Å². The van der Waals surface area contributed by atoms with Gasteiger partial charge in [-0.3, -0.25) is 0 Å². The lowest BCUT2D eigenvalue weighted by atomic mass is 10.1. The van der Waals surface area contributed by atoms with Gasteiger partial charge in [0.15, 0.2) is 0 Å². The summed E-state index contributed by atoms with van der Waals surface area (Å²) in [7, 11) is 0. The van der Waals surface area contributed by atoms with Crippen molar-refractivity contribution in [3.8, 4) is 11.5 Å². The van der Waals surface area contributed by atoms with Gasteiger partial charge in [0, 0.05) is 13.1 Å². The fourth-order valence-electron chi connectivity index (χ4n) is 2.98. The van der Waals surface area contributed by atoms with Gasteiger partial charge in [0.2, 0.25) is 6.29 Å². The quantitative estimate of drug-likeness (QED) is 0.715. The van der Waals surface area contributed by atoms with Gasteiger partial charge in [0.25, 0.3) is 0 Å². The summed E-state index contributed by atoms with van der Waals surface area (Å²) < 4.78 is 17.8. The molecule has 1 saturated heterocycles. The second kappa shape index (κ2) is 8.33. The predicted molar refractivity (Wildman–Crippen MR) is 104 cm³/mol. The van der Waals surface area contributed by atoms with Crippen LogP contribution in [0.2, 0.25) is 0 Å². The van der Waals surface area contributed by atoms with Crippen molar-refractivity contribution in [2.75, 3.05) is 13.1 Å². The van der Waals surface area contributed by atoms with Gasteiger partial charge in [0.05, 0.1) is 5.92 Å². The summed E-state index contributed by atoms with van der Waals surface area (Å²) in [5, 5.41) is 0. The minimum absolute atomic E-state index is 0.0536. The maximum absolute atomic E-state index is 12.4. The molecule has 5 heteroatoms. The lowest BCUT2D eigenvalue weighted by Gasteiger charge is -2.27. The molecular formula is C22H27NO4. The molecule has 1 amide bonds. The SMILES string of the molecule is CC(C)(C)OC(=O)N1CC[C@H](C(Oc2ccccc2)Oc2ccccc2)C1. The van der Waals surface area contributed by atoms with Crippen molar-refractivity contribution in [1.82, 2.24) is 4.90 Å². The molecular weight excluding hydrogens is 342 g/mol. The molecule has 0 bridgehead atoms. The number of amides is 1. The standard InChI is InChI=1S/C22H27NO4/c1-22(2,3)27-21(24)23-15-14-17(16-23)20(25-18-10-6-4-7-11-18)26-19-12-8-5-9-13-19/h4-13,17,20H,14-16H2,1-3H3/t17-/m0/s1. The first-order chi connectivity index (χ1) is 12.9. The number of hydrogen-bond donors (Lipinski definition) is 0. The highest BCUT2D eigenvalue weighted by atomic mass is 16.7. The Bertz CT molecular complexity index is 685. The Kier molecular flexibility index (Phi) is 5.89. The zero-order chi connectivity index (χ0) is 19.3. The molecule has 1 atom stereocenters. The summed E-state index contributed by atoms with van der Waals surface area (Å²) in [5.74, 6) is 1.54. The van der Waals surface area contributed by atoms with Gasteiger partial charge in [0.1, 0.15) is 17.1 Å². The number of hydrogen-bond acceptors (Lipinski definition) is 4. The average Bonchev–Trinajstić information content (AvgIpc) is 3.12. The van der Waals surface area contributed by atoms with Crippen LogP contribution in [-0.4, -0.2) is 36.0 Å². The highest BCUT2D eigenvalue weighted by molar-refractivity contribution is 5.68. The van der Waals surface area contributed by atoms with Gasteiger partial charge in [-0.2, -0.15) is 0 Å². The average molecular weight is 369 g/mol. The Balaban J connectivity index is 1.70. The topological polar surface area (TPSA) is 48.0 Å². The van der Waals surface area contributed by atoms with Gasteiger partial charge in [-0.25, -0.2) is 4.79 Å². The molecule has 1 aliphatic rings. The van der Waals surface area contributed by atoms with Crippen LogP contribution >= 0.6 is 0 Å². The molecule has 1 fully saturated rings. The van der Waals surface area contributed by atoms with E-state index < -0.39 is 11.9 Å². The highest BCUT2D eigenvalue weighted by Gasteiger charge is 2.36. The number of carbonyl (C=O) groups excluding carboxylic acids is 1. The van der Waals surface area contributed by atoms with E-state index in [0.29, 0.717) is 13.1 Å². The van der Waals surface area contributed by atoms with Crippen LogP contribution in [0.15, 0.2) is 60.7 Å². The van der Waals surface area contributed by atoms with E-state index in [1.807, 2.05) is 81.4 Å². The Morgan fingerprint density at radius 3 is 1.96 bits per heavy atom. The summed E-state index contributed by atoms with van der Waals surface area (Å²) in [5.41, 5.74) is -0.504. The number of carbonyl (C=O) groups is 1. The van der Waals surface area contributed by atoms with Crippen molar-refractivity contribution in [3.63, 3.8) is 0 Å². The molecule has 144 valence electrons. The smallest absolute Gasteiger partial charge is 0.410 e. The normalized spacial score (nSPS) is 17.0. The van der Waals surface area contributed by atoms with Crippen LogP contribution in [0.25, 0.3) is 0 Å². The van der Waals surface area contributed by atoms with Crippen molar-refractivity contribution in [2.45, 2.75) is 39.1 Å². The first-order valence-corrected chi connectivity index (χ1v) is 9.32. The van der Waals surface area contributed by atoms with Crippen LogP contribution in [0.5, 0.6) is 11.5 Å². The number of nitrogens with zero attached hydrogens (tertiary/aromatic N) is 1. The highest BCUT2D eigenvalue weighted by Crippen LogP contribution is 2.27. The molecule has 0 spiro atoms. The van der Waals surface area contributed by atoms with E-state index in [0.717, 1.165) is 17.9 Å². The third kappa shape index (κ3) is 5.64. The van der Waals surface area contributed by atoms with E-state index in [2.05, 4.69) is 0 Å². The molecule has 0 N–H and O–H groups in total. The summed E-state index contributed by atoms with van der Waals surface area (Å²) in [4.78, 5) is 14.1. The van der Waals surface area contributed by atoms with Crippen LogP contribution in [-0.2, 0) is 4.74 Å². The molecule has 5 nitrogen and oxygen atoms in total. The van der Waals surface area contributed by atoms with Crippen molar-refractivity contribution >= 4 is 6.09 Å². The molecule has 27 heavy (non-hydrogen) atoms. The lowest BCUT2D eigenvalue weighted by molar-refractivity contribution is -0.0383. The number of likely N-dealkylation sites (tertiary alicyclic amines) is 1. The van der Waals surface area contributed by atoms with Crippen LogP contribution in [0.4, 0.5) is 4.79 Å². The first kappa shape index (κ1) is 19.1. The van der Waals surface area contributed by atoms with Gasteiger partial charge >= 0.3 is 6.09 Å². The van der Waals surface area contributed by atoms with E-state index in [-0.39, 0.29) is 12.0 Å². The molecule has 0 radical (unpaired) electrons. The van der Waals surface area contributed by atoms with E-state index in [4.69, 9.17) is 14.2 Å². The van der Waals surface area contributed by atoms with Gasteiger partial charge < -0.3 is 19.1 Å². The van der Waals surface area contributed by atoms with Gasteiger partial charge in [-0.05, 0) is 51.5 Å². The maximum Gasteiger partial charge on any atom is 0.410 e. The predicted octanol–water partition coefficient (Wildman–Crippen LogP) is 4.73. The molecule has 0 aliphatic carbocycles. The maximum atomic E-state index is 12.4. The van der Waals surface area contributed by atoms with Crippen LogP contribution in [0.1, 0.15) is 27.2 Å². The fraction of sp³-hybridized carbons (Fsp3) is 0.409. The molecule has 0 saturated carbocycles. The van der Waals surface area contributed by atoms with Crippen molar-refractivity contribution in [2.24, 2.45) is 5.92 Å². The summed E-state index contributed by atoms with van der Waals surface area (Å²) >= 11 is 0. The third-order valence-electron chi connectivity index (χ3n) is 4.25. The monoisotopic (exact) mass is 369 g/mol. The minimum Gasteiger partial charge on any atom is -0.455 e. The second-order valence-electron chi connectivity index (χ2n) is 7.71. The van der Waals surface area contributed by atoms with Crippen LogP contribution in [0.3, 0.4) is 0 Å². The Labute approximate surface area is 160 Å². The Morgan fingerprint density at radius 1 is 0.963 bits per heavy atom. The molecule has 1 aliphatic heterocycles. The zero-order valence-corrected chi connectivity index (χ0v) is 16.1. The Hall–Kier alpha value is -2.69. The third-order valence-corrected chi connectivity index (χ3v) is 4.25. The molecule has 0 unspecified atom stereocenters. The largest absolute Gasteiger partial charge is 0.455 e. The van der Waals surface area contributed by atoms with E-state index >= 15 is 0 Å². The Morgan fingerprint density at radius 2 is 1.48 bits per heavy atom. The lowest BCUT2D eigenvalue weighted by Crippen LogP contribution is -2.38. The molecule has 2 aromatic carbocycles. The van der Waals surface area contributed by atoms with Gasteiger partial charge in [-0.1, -0.05) is 36.4 Å².